The Morgan fingerprint density at radius 2 is 1.27 bits per heavy atom. The van der Waals surface area contributed by atoms with Crippen molar-refractivity contribution in [3.8, 4) is 0 Å². The van der Waals surface area contributed by atoms with Crippen molar-refractivity contribution in [3.05, 3.63) is 0 Å². The molecule has 1 fully saturated rings. The number of nitrogens with one attached hydrogen (secondary N) is 6. The van der Waals surface area contributed by atoms with Crippen molar-refractivity contribution in [2.75, 3.05) is 39.3 Å². The van der Waals surface area contributed by atoms with Gasteiger partial charge in [0.25, 0.3) is 0 Å². The van der Waals surface area contributed by atoms with Crippen LogP contribution in [0.5, 0.6) is 0 Å². The van der Waals surface area contributed by atoms with Gasteiger partial charge < -0.3 is 80.8 Å². The number of rotatable bonds is 28. The second-order valence-corrected chi connectivity index (χ2v) is 14.3. The van der Waals surface area contributed by atoms with Crippen molar-refractivity contribution in [1.29, 1.82) is 0 Å². The maximum atomic E-state index is 13.9. The molecule has 8 atom stereocenters. The van der Waals surface area contributed by atoms with Gasteiger partial charge in [-0.15, -0.1) is 0 Å². The number of nitrogens with zero attached hydrogens (tertiary/aromatic N) is 2. The quantitative estimate of drug-likeness (QED) is 0.0198. The highest BCUT2D eigenvalue weighted by atomic mass is 16.4. The predicted molar refractivity (Wildman–Crippen MR) is 213 cm³/mol. The number of aliphatic imine (C=N–C) groups is 1. The molecule has 0 spiro atoms. The third-order valence-electron chi connectivity index (χ3n) is 9.27. The standard InChI is InChI=1S/C35H65N13O11/c1-19(38)33(57)48-16-8-12-25(48)31(55)47-27(20(2)50)32(56)46-22(10-4-6-14-37)29(53)45-23(11-7-15-41-35(39)40)30(54)44-21(9-3-5-13-36)28(52)42-17-26(51)43-24(18-49)34(58)59/h19-25,27,49-50H,3-18,36-38H2,1-2H3,(H,42,52)(H,43,51)(H,44,54)(H,45,53)(H,46,56)(H,47,55)(H,58,59)(H4,39,40,41)/t19-,20+,21-,22-,23-,24-,25-,27-/m0/s1. The van der Waals surface area contributed by atoms with E-state index in [1.165, 1.54) is 18.7 Å². The first-order valence-electron chi connectivity index (χ1n) is 19.7. The van der Waals surface area contributed by atoms with Crippen LogP contribution in [-0.2, 0) is 38.4 Å². The van der Waals surface area contributed by atoms with E-state index in [1.807, 2.05) is 5.32 Å². The van der Waals surface area contributed by atoms with Gasteiger partial charge in [-0.25, -0.2) is 4.79 Å². The van der Waals surface area contributed by atoms with E-state index in [0.29, 0.717) is 38.5 Å². The van der Waals surface area contributed by atoms with Crippen LogP contribution in [0.2, 0.25) is 0 Å². The zero-order valence-electron chi connectivity index (χ0n) is 33.8. The van der Waals surface area contributed by atoms with Gasteiger partial charge in [0.05, 0.1) is 25.3 Å². The van der Waals surface area contributed by atoms with Gasteiger partial charge in [-0.3, -0.25) is 38.6 Å². The largest absolute Gasteiger partial charge is 0.480 e. The number of aliphatic carboxylic acids is 1. The smallest absolute Gasteiger partial charge is 0.328 e. The van der Waals surface area contributed by atoms with Gasteiger partial charge in [-0.2, -0.15) is 0 Å². The average Bonchev–Trinajstić information content (AvgIpc) is 3.67. The Hall–Kier alpha value is -5.17. The van der Waals surface area contributed by atoms with Crippen molar-refractivity contribution in [2.45, 2.75) is 126 Å². The summed E-state index contributed by atoms with van der Waals surface area (Å²) in [4.78, 5) is 109. The molecule has 0 aromatic rings. The van der Waals surface area contributed by atoms with Gasteiger partial charge in [-0.1, -0.05) is 0 Å². The Morgan fingerprint density at radius 1 is 0.746 bits per heavy atom. The summed E-state index contributed by atoms with van der Waals surface area (Å²) in [6.07, 6.45) is 1.22. The number of carboxylic acids is 1. The Balaban J connectivity index is 3.30. The highest BCUT2D eigenvalue weighted by molar-refractivity contribution is 5.97. The number of likely N-dealkylation sites (tertiary alicyclic amines) is 1. The summed E-state index contributed by atoms with van der Waals surface area (Å²) in [5.41, 5.74) is 27.9. The number of amides is 7. The zero-order chi connectivity index (χ0) is 44.7. The molecule has 1 saturated heterocycles. The molecule has 7 amide bonds. The van der Waals surface area contributed by atoms with E-state index in [9.17, 15) is 48.6 Å². The molecular weight excluding hydrogens is 778 g/mol. The number of carboxylic acid groups (broad SMARTS) is 1. The number of carbonyl (C=O) groups excluding carboxylic acids is 7. The van der Waals surface area contributed by atoms with Crippen LogP contribution in [0.1, 0.15) is 78.1 Å². The highest BCUT2D eigenvalue weighted by Gasteiger charge is 2.38. The van der Waals surface area contributed by atoms with E-state index in [2.05, 4.69) is 31.6 Å². The van der Waals surface area contributed by atoms with Gasteiger partial charge in [0.1, 0.15) is 36.3 Å². The van der Waals surface area contributed by atoms with E-state index in [4.69, 9.17) is 33.8 Å². The van der Waals surface area contributed by atoms with Crippen LogP contribution in [0.15, 0.2) is 4.99 Å². The van der Waals surface area contributed by atoms with Crippen LogP contribution in [0.4, 0.5) is 0 Å². The molecule has 336 valence electrons. The molecular formula is C35H65N13O11. The fourth-order valence-electron chi connectivity index (χ4n) is 6.04. The molecule has 0 saturated carbocycles. The van der Waals surface area contributed by atoms with Gasteiger partial charge in [-0.05, 0) is 91.1 Å². The van der Waals surface area contributed by atoms with E-state index in [1.54, 1.807) is 0 Å². The summed E-state index contributed by atoms with van der Waals surface area (Å²) in [5, 5.41) is 43.4. The number of hydrogen-bond donors (Lipinski definition) is 14. The van der Waals surface area contributed by atoms with Crippen LogP contribution in [-0.4, -0.2) is 161 Å². The summed E-state index contributed by atoms with van der Waals surface area (Å²) in [7, 11) is 0. The Kier molecular flexibility index (Phi) is 24.2. The number of carbonyl (C=O) groups is 8. The molecule has 1 rings (SSSR count). The third kappa shape index (κ3) is 19.0. The highest BCUT2D eigenvalue weighted by Crippen LogP contribution is 2.19. The summed E-state index contributed by atoms with van der Waals surface area (Å²) in [6.45, 7) is 2.05. The first kappa shape index (κ1) is 51.8. The second-order valence-electron chi connectivity index (χ2n) is 14.3. The normalized spacial score (nSPS) is 17.1. The van der Waals surface area contributed by atoms with Crippen LogP contribution in [0, 0.1) is 0 Å². The molecule has 24 heteroatoms. The molecule has 19 N–H and O–H groups in total. The van der Waals surface area contributed by atoms with Gasteiger partial charge >= 0.3 is 5.97 Å². The zero-order valence-corrected chi connectivity index (χ0v) is 33.8. The minimum absolute atomic E-state index is 0.0298. The average molecular weight is 844 g/mol. The minimum atomic E-state index is -1.61. The van der Waals surface area contributed by atoms with E-state index in [0.717, 1.165) is 0 Å². The number of aliphatic hydroxyl groups excluding tert-OH is 2. The molecule has 0 aromatic heterocycles. The molecule has 24 nitrogen and oxygen atoms in total. The van der Waals surface area contributed by atoms with Crippen molar-refractivity contribution >= 4 is 53.3 Å². The fourth-order valence-corrected chi connectivity index (χ4v) is 6.04. The summed E-state index contributed by atoms with van der Waals surface area (Å²) in [6, 6.07) is -8.84. The lowest BCUT2D eigenvalue weighted by molar-refractivity contribution is -0.143. The lowest BCUT2D eigenvalue weighted by atomic mass is 10.0. The van der Waals surface area contributed by atoms with Crippen molar-refractivity contribution in [1.82, 2.24) is 36.8 Å². The molecule has 0 radical (unpaired) electrons. The molecule has 1 heterocycles. The maximum absolute atomic E-state index is 13.9. The number of hydrogen-bond acceptors (Lipinski definition) is 14. The monoisotopic (exact) mass is 843 g/mol. The number of unbranched alkanes of at least 4 members (excludes halogenated alkanes) is 2. The van der Waals surface area contributed by atoms with Gasteiger partial charge in [0.2, 0.25) is 41.4 Å². The summed E-state index contributed by atoms with van der Waals surface area (Å²) in [5.74, 6) is -7.16. The molecule has 0 unspecified atom stereocenters. The minimum Gasteiger partial charge on any atom is -0.480 e. The van der Waals surface area contributed by atoms with E-state index < -0.39 is 109 Å². The Morgan fingerprint density at radius 3 is 1.75 bits per heavy atom. The van der Waals surface area contributed by atoms with Crippen LogP contribution in [0.3, 0.4) is 0 Å². The second kappa shape index (κ2) is 27.5. The van der Waals surface area contributed by atoms with Crippen molar-refractivity contribution < 1.29 is 53.7 Å². The maximum Gasteiger partial charge on any atom is 0.328 e. The Labute approximate surface area is 342 Å². The number of aliphatic hydroxyl groups is 2. The van der Waals surface area contributed by atoms with Crippen molar-refractivity contribution in [3.63, 3.8) is 0 Å². The molecule has 59 heavy (non-hydrogen) atoms. The number of nitrogens with two attached hydrogens (primary N) is 5. The summed E-state index contributed by atoms with van der Waals surface area (Å²) < 4.78 is 0. The van der Waals surface area contributed by atoms with Gasteiger partial charge in [0, 0.05) is 13.1 Å². The molecule has 1 aliphatic rings. The first-order chi connectivity index (χ1) is 27.9. The first-order valence-corrected chi connectivity index (χ1v) is 19.7. The topological polar surface area (TPSA) is 415 Å². The van der Waals surface area contributed by atoms with Crippen LogP contribution in [0.25, 0.3) is 0 Å². The lowest BCUT2D eigenvalue weighted by Gasteiger charge is -2.29. The SMILES string of the molecule is C[C@H](N)C(=O)N1CCC[C@H]1C(=O)N[C@H](C(=O)N[C@@H](CCCCN)C(=O)N[C@@H](CCCN=C(N)N)C(=O)N[C@@H](CCCCN)C(=O)NCC(=O)N[C@@H](CO)C(=O)O)[C@@H](C)O. The molecule has 0 aromatic carbocycles. The third-order valence-corrected chi connectivity index (χ3v) is 9.27. The van der Waals surface area contributed by atoms with E-state index >= 15 is 0 Å². The Bertz CT molecular complexity index is 1450. The predicted octanol–water partition coefficient (Wildman–Crippen LogP) is -6.37. The number of guanidine groups is 1. The lowest BCUT2D eigenvalue weighted by Crippen LogP contribution is -2.61. The fraction of sp³-hybridized carbons (Fsp3) is 0.743. The van der Waals surface area contributed by atoms with Crippen LogP contribution >= 0.6 is 0 Å². The van der Waals surface area contributed by atoms with Crippen molar-refractivity contribution in [2.24, 2.45) is 33.7 Å². The molecule has 0 bridgehead atoms. The summed E-state index contributed by atoms with van der Waals surface area (Å²) >= 11 is 0. The molecule has 1 aliphatic heterocycles. The van der Waals surface area contributed by atoms with Crippen LogP contribution < -0.4 is 60.6 Å². The van der Waals surface area contributed by atoms with E-state index in [-0.39, 0.29) is 57.8 Å². The van der Waals surface area contributed by atoms with Gasteiger partial charge in [0.15, 0.2) is 5.96 Å². The molecule has 0 aliphatic carbocycles.